The highest BCUT2D eigenvalue weighted by Gasteiger charge is 2.29. The summed E-state index contributed by atoms with van der Waals surface area (Å²) in [5, 5.41) is 7.77. The molecule has 1 atom stereocenters. The normalized spacial score (nSPS) is 12.3. The lowest BCUT2D eigenvalue weighted by molar-refractivity contribution is 0.0600. The second kappa shape index (κ2) is 10.3. The van der Waals surface area contributed by atoms with E-state index in [1.54, 1.807) is 49.7 Å². The van der Waals surface area contributed by atoms with Crippen LogP contribution in [-0.2, 0) is 9.47 Å². The fourth-order valence-electron chi connectivity index (χ4n) is 5.05. The van der Waals surface area contributed by atoms with Gasteiger partial charge in [-0.25, -0.2) is 13.6 Å². The van der Waals surface area contributed by atoms with Crippen molar-refractivity contribution in [3.05, 3.63) is 77.6 Å². The van der Waals surface area contributed by atoms with Crippen molar-refractivity contribution in [2.45, 2.75) is 19.3 Å². The number of fused-ring (bicyclic) bond motifs is 2. The number of rotatable bonds is 8. The Morgan fingerprint density at radius 2 is 1.84 bits per heavy atom. The Kier molecular flexibility index (Phi) is 6.86. The van der Waals surface area contributed by atoms with E-state index in [9.17, 15) is 9.18 Å². The maximum Gasteiger partial charge on any atom is 0.337 e. The third-order valence-corrected chi connectivity index (χ3v) is 6.88. The summed E-state index contributed by atoms with van der Waals surface area (Å²) in [6, 6.07) is 13.3. The molecule has 9 heteroatoms. The van der Waals surface area contributed by atoms with Gasteiger partial charge in [-0.3, -0.25) is 5.10 Å². The third-order valence-electron chi connectivity index (χ3n) is 6.88. The Balaban J connectivity index is 1.94. The van der Waals surface area contributed by atoms with Crippen molar-refractivity contribution in [2.24, 2.45) is 0 Å². The van der Waals surface area contributed by atoms with Crippen molar-refractivity contribution < 1.29 is 27.8 Å². The highest BCUT2D eigenvalue weighted by molar-refractivity contribution is 6.06. The Morgan fingerprint density at radius 1 is 1.08 bits per heavy atom. The summed E-state index contributed by atoms with van der Waals surface area (Å²) < 4.78 is 48.3. The zero-order chi connectivity index (χ0) is 27.0. The predicted molar refractivity (Wildman–Crippen MR) is 141 cm³/mol. The summed E-state index contributed by atoms with van der Waals surface area (Å²) in [6.45, 7) is 2.41. The number of aromatic amines is 1. The van der Waals surface area contributed by atoms with Gasteiger partial charge in [0, 0.05) is 46.8 Å². The van der Waals surface area contributed by atoms with Crippen molar-refractivity contribution in [1.29, 1.82) is 0 Å². The summed E-state index contributed by atoms with van der Waals surface area (Å²) in [5.74, 6) is -1.49. The van der Waals surface area contributed by atoms with E-state index in [-0.39, 0.29) is 17.2 Å². The molecule has 0 aliphatic carbocycles. The summed E-state index contributed by atoms with van der Waals surface area (Å²) >= 11 is 0. The number of methoxy groups -OCH3 is 3. The molecule has 0 saturated heterocycles. The first-order chi connectivity index (χ1) is 18.4. The van der Waals surface area contributed by atoms with E-state index >= 15 is 4.39 Å². The number of carbonyl (C=O) groups excluding carboxylic acids is 1. The molecule has 0 fully saturated rings. The number of hydrogen-bond acceptors (Lipinski definition) is 5. The summed E-state index contributed by atoms with van der Waals surface area (Å²) in [4.78, 5) is 12.1. The number of ether oxygens (including phenoxy) is 3. The molecule has 5 rings (SSSR count). The van der Waals surface area contributed by atoms with Crippen LogP contribution in [0.3, 0.4) is 0 Å². The molecule has 0 saturated carbocycles. The molecule has 38 heavy (non-hydrogen) atoms. The van der Waals surface area contributed by atoms with Gasteiger partial charge < -0.3 is 18.8 Å². The molecule has 2 heterocycles. The number of nitrogens with zero attached hydrogens (tertiary/aromatic N) is 2. The van der Waals surface area contributed by atoms with E-state index < -0.39 is 17.6 Å². The highest BCUT2D eigenvalue weighted by atomic mass is 19.1. The number of carbonyl (C=O) groups is 1. The molecule has 0 bridgehead atoms. The van der Waals surface area contributed by atoms with E-state index in [1.165, 1.54) is 20.3 Å². The zero-order valence-corrected chi connectivity index (χ0v) is 21.5. The van der Waals surface area contributed by atoms with Crippen LogP contribution in [0.25, 0.3) is 38.6 Å². The first-order valence-corrected chi connectivity index (χ1v) is 12.1. The van der Waals surface area contributed by atoms with Crippen molar-refractivity contribution in [2.75, 3.05) is 27.9 Å². The number of nitrogens with one attached hydrogen (secondary N) is 1. The lowest BCUT2D eigenvalue weighted by Crippen LogP contribution is -2.12. The van der Waals surface area contributed by atoms with Gasteiger partial charge in [-0.05, 0) is 42.3 Å². The van der Waals surface area contributed by atoms with Gasteiger partial charge in [0.15, 0.2) is 17.4 Å². The van der Waals surface area contributed by atoms with Gasteiger partial charge in [0.1, 0.15) is 5.52 Å². The van der Waals surface area contributed by atoms with E-state index in [1.807, 2.05) is 17.6 Å². The zero-order valence-electron chi connectivity index (χ0n) is 21.5. The number of hydrogen-bond donors (Lipinski definition) is 1. The van der Waals surface area contributed by atoms with Crippen LogP contribution in [0.5, 0.6) is 5.75 Å². The largest absolute Gasteiger partial charge is 0.494 e. The minimum Gasteiger partial charge on any atom is -0.494 e. The number of aromatic nitrogens is 3. The second-order valence-corrected chi connectivity index (χ2v) is 8.96. The minimum atomic E-state index is -0.500. The first-order valence-electron chi connectivity index (χ1n) is 12.1. The molecular formula is C29H27F2N3O4. The van der Waals surface area contributed by atoms with E-state index in [4.69, 9.17) is 14.2 Å². The highest BCUT2D eigenvalue weighted by Crippen LogP contribution is 2.44. The average Bonchev–Trinajstić information content (AvgIpc) is 3.55. The SMILES string of the molecule is CCC(COC)c1c(-c2ccc(C(=O)OC)cc2)c2c(F)c3[nH]ncc3cc2n1-c1ccc(F)c(OC)c1. The van der Waals surface area contributed by atoms with Crippen molar-refractivity contribution in [1.82, 2.24) is 14.8 Å². The van der Waals surface area contributed by atoms with Gasteiger partial charge in [-0.2, -0.15) is 5.10 Å². The van der Waals surface area contributed by atoms with Crippen molar-refractivity contribution >= 4 is 27.8 Å². The van der Waals surface area contributed by atoms with Gasteiger partial charge in [0.05, 0.1) is 38.1 Å². The molecule has 196 valence electrons. The Hall–Kier alpha value is -4.24. The summed E-state index contributed by atoms with van der Waals surface area (Å²) in [5.41, 5.74) is 4.01. The Morgan fingerprint density at radius 3 is 2.50 bits per heavy atom. The fourth-order valence-corrected chi connectivity index (χ4v) is 5.05. The monoisotopic (exact) mass is 519 g/mol. The molecule has 0 radical (unpaired) electrons. The molecule has 1 N–H and O–H groups in total. The Labute approximate surface area is 217 Å². The standard InChI is InChI=1S/C29H27F2N3O4/c1-5-16(15-36-2)28-24(17-6-8-18(9-7-17)29(35)38-4)25-22(12-19-14-32-33-27(19)26(25)31)34(28)20-10-11-21(30)23(13-20)37-3/h6-14,16H,5,15H2,1-4H3,(H,32,33). The van der Waals surface area contributed by atoms with Crippen LogP contribution >= 0.6 is 0 Å². The number of benzene rings is 3. The quantitative estimate of drug-likeness (QED) is 0.241. The summed E-state index contributed by atoms with van der Waals surface area (Å²) in [7, 11) is 4.34. The predicted octanol–water partition coefficient (Wildman–Crippen LogP) is 6.39. The number of esters is 1. The smallest absolute Gasteiger partial charge is 0.337 e. The van der Waals surface area contributed by atoms with Gasteiger partial charge in [0.2, 0.25) is 0 Å². The molecule has 0 aliphatic rings. The molecule has 0 spiro atoms. The van der Waals surface area contributed by atoms with Crippen LogP contribution in [0.1, 0.15) is 35.3 Å². The van der Waals surface area contributed by atoms with Crippen LogP contribution in [0.4, 0.5) is 8.78 Å². The molecule has 0 amide bonds. The van der Waals surface area contributed by atoms with Crippen molar-refractivity contribution in [3.63, 3.8) is 0 Å². The number of halogens is 2. The van der Waals surface area contributed by atoms with Gasteiger partial charge >= 0.3 is 5.97 Å². The van der Waals surface area contributed by atoms with Gasteiger partial charge in [0.25, 0.3) is 0 Å². The molecule has 3 aromatic carbocycles. The molecule has 7 nitrogen and oxygen atoms in total. The lowest BCUT2D eigenvalue weighted by Gasteiger charge is -2.21. The van der Waals surface area contributed by atoms with Gasteiger partial charge in [-0.1, -0.05) is 19.1 Å². The lowest BCUT2D eigenvalue weighted by atomic mass is 9.92. The van der Waals surface area contributed by atoms with Gasteiger partial charge in [-0.15, -0.1) is 0 Å². The summed E-state index contributed by atoms with van der Waals surface area (Å²) in [6.07, 6.45) is 2.26. The topological polar surface area (TPSA) is 78.4 Å². The fraction of sp³-hybridized carbons (Fsp3) is 0.241. The first kappa shape index (κ1) is 25.4. The molecule has 5 aromatic rings. The Bertz CT molecular complexity index is 1640. The molecule has 0 aliphatic heterocycles. The van der Waals surface area contributed by atoms with Crippen LogP contribution < -0.4 is 4.74 Å². The van der Waals surface area contributed by atoms with Crippen LogP contribution in [0, 0.1) is 11.6 Å². The number of H-pyrrole nitrogens is 1. The molecular weight excluding hydrogens is 492 g/mol. The maximum absolute atomic E-state index is 16.3. The second-order valence-electron chi connectivity index (χ2n) is 8.96. The van der Waals surface area contributed by atoms with Crippen LogP contribution in [-0.4, -0.2) is 48.7 Å². The van der Waals surface area contributed by atoms with E-state index in [2.05, 4.69) is 10.2 Å². The van der Waals surface area contributed by atoms with E-state index in [0.717, 1.165) is 5.69 Å². The molecule has 1 unspecified atom stereocenters. The van der Waals surface area contributed by atoms with Crippen molar-refractivity contribution in [3.8, 4) is 22.6 Å². The third kappa shape index (κ3) is 4.09. The average molecular weight is 520 g/mol. The minimum absolute atomic E-state index is 0.0731. The maximum atomic E-state index is 16.3. The van der Waals surface area contributed by atoms with Crippen LogP contribution in [0.15, 0.2) is 54.7 Å². The van der Waals surface area contributed by atoms with E-state index in [0.29, 0.717) is 51.7 Å². The van der Waals surface area contributed by atoms with Crippen LogP contribution in [0.2, 0.25) is 0 Å². The molecule has 2 aromatic heterocycles.